The van der Waals surface area contributed by atoms with Gasteiger partial charge in [0.2, 0.25) is 5.91 Å². The molecule has 0 saturated carbocycles. The molecule has 0 aliphatic carbocycles. The zero-order valence-electron chi connectivity index (χ0n) is 15.9. The third-order valence-electron chi connectivity index (χ3n) is 5.27. The van der Waals surface area contributed by atoms with E-state index in [1.807, 2.05) is 11.9 Å². The Morgan fingerprint density at radius 1 is 0.962 bits per heavy atom. The van der Waals surface area contributed by atoms with Crippen molar-refractivity contribution in [1.29, 1.82) is 0 Å². The van der Waals surface area contributed by atoms with Crippen LogP contribution in [0.25, 0.3) is 0 Å². The van der Waals surface area contributed by atoms with E-state index in [1.165, 1.54) is 19.5 Å². The minimum absolute atomic E-state index is 0. The second-order valence-electron chi connectivity index (χ2n) is 6.93. The average Bonchev–Trinajstić information content (AvgIpc) is 2.62. The maximum atomic E-state index is 12.4. The first-order valence-electron chi connectivity index (χ1n) is 9.52. The van der Waals surface area contributed by atoms with E-state index in [0.29, 0.717) is 19.8 Å². The SMILES string of the molecule is CN=C(NCCN1CCC1)N1CCN(CC(=O)N2CCOCC2)CC1.I. The first-order valence-corrected chi connectivity index (χ1v) is 9.52. The zero-order valence-corrected chi connectivity index (χ0v) is 18.2. The Hall–Kier alpha value is -0.650. The molecule has 3 aliphatic rings. The predicted molar refractivity (Wildman–Crippen MR) is 113 cm³/mol. The maximum Gasteiger partial charge on any atom is 0.236 e. The molecule has 1 amide bonds. The second-order valence-corrected chi connectivity index (χ2v) is 6.93. The van der Waals surface area contributed by atoms with Gasteiger partial charge in [-0.3, -0.25) is 14.7 Å². The fourth-order valence-electron chi connectivity index (χ4n) is 3.49. The van der Waals surface area contributed by atoms with Crippen molar-refractivity contribution < 1.29 is 9.53 Å². The molecule has 0 unspecified atom stereocenters. The molecule has 1 N–H and O–H groups in total. The number of halogens is 1. The summed E-state index contributed by atoms with van der Waals surface area (Å²) in [5.74, 6) is 1.22. The number of guanidine groups is 1. The number of nitrogens with one attached hydrogen (secondary N) is 1. The number of ether oxygens (including phenoxy) is 1. The quantitative estimate of drug-likeness (QED) is 0.321. The first kappa shape index (κ1) is 21.6. The number of nitrogens with zero attached hydrogens (tertiary/aromatic N) is 5. The van der Waals surface area contributed by atoms with Crippen LogP contribution in [0.1, 0.15) is 6.42 Å². The van der Waals surface area contributed by atoms with Crippen LogP contribution in [-0.4, -0.2) is 124 Å². The Morgan fingerprint density at radius 3 is 2.23 bits per heavy atom. The van der Waals surface area contributed by atoms with E-state index in [1.54, 1.807) is 0 Å². The standard InChI is InChI=1S/C17H32N6O2.HI/c1-18-17(19-3-6-20-4-2-5-20)23-9-7-21(8-10-23)15-16(24)22-11-13-25-14-12-22;/h2-15H2,1H3,(H,18,19);1H. The molecule has 3 rings (SSSR count). The van der Waals surface area contributed by atoms with E-state index >= 15 is 0 Å². The van der Waals surface area contributed by atoms with E-state index < -0.39 is 0 Å². The van der Waals surface area contributed by atoms with Crippen LogP contribution in [0.5, 0.6) is 0 Å². The van der Waals surface area contributed by atoms with Crippen LogP contribution >= 0.6 is 24.0 Å². The summed E-state index contributed by atoms with van der Waals surface area (Å²) in [6, 6.07) is 0. The molecule has 8 nitrogen and oxygen atoms in total. The molecular formula is C17H33IN6O2. The van der Waals surface area contributed by atoms with E-state index in [2.05, 4.69) is 25.0 Å². The van der Waals surface area contributed by atoms with Crippen molar-refractivity contribution in [3.05, 3.63) is 0 Å². The molecule has 0 aromatic rings. The smallest absolute Gasteiger partial charge is 0.236 e. The number of carbonyl (C=O) groups excluding carboxylic acids is 1. The van der Waals surface area contributed by atoms with E-state index in [4.69, 9.17) is 4.74 Å². The Morgan fingerprint density at radius 2 is 1.65 bits per heavy atom. The summed E-state index contributed by atoms with van der Waals surface area (Å²) in [6.45, 7) is 11.5. The molecule has 150 valence electrons. The number of aliphatic imine (C=N–C) groups is 1. The number of piperazine rings is 1. The highest BCUT2D eigenvalue weighted by atomic mass is 127. The molecule has 0 bridgehead atoms. The summed E-state index contributed by atoms with van der Waals surface area (Å²) in [5, 5.41) is 3.47. The largest absolute Gasteiger partial charge is 0.378 e. The molecule has 3 fully saturated rings. The van der Waals surface area contributed by atoms with Gasteiger partial charge in [-0.1, -0.05) is 0 Å². The topological polar surface area (TPSA) is 63.7 Å². The lowest BCUT2D eigenvalue weighted by atomic mass is 10.2. The lowest BCUT2D eigenvalue weighted by Gasteiger charge is -2.37. The number of hydrogen-bond donors (Lipinski definition) is 1. The number of morpholine rings is 1. The van der Waals surface area contributed by atoms with Crippen LogP contribution in [0, 0.1) is 0 Å². The summed E-state index contributed by atoms with van der Waals surface area (Å²) in [6.07, 6.45) is 1.33. The van der Waals surface area contributed by atoms with Gasteiger partial charge in [-0.2, -0.15) is 0 Å². The first-order chi connectivity index (χ1) is 12.3. The highest BCUT2D eigenvalue weighted by Crippen LogP contribution is 2.06. The third kappa shape index (κ3) is 6.21. The summed E-state index contributed by atoms with van der Waals surface area (Å²) >= 11 is 0. The molecule has 3 heterocycles. The normalized spacial score (nSPS) is 22.6. The summed E-state index contributed by atoms with van der Waals surface area (Å²) in [4.78, 5) is 25.7. The maximum absolute atomic E-state index is 12.4. The van der Waals surface area contributed by atoms with Crippen molar-refractivity contribution in [2.45, 2.75) is 6.42 Å². The fraction of sp³-hybridized carbons (Fsp3) is 0.882. The molecule has 9 heteroatoms. The van der Waals surface area contributed by atoms with Gasteiger partial charge in [0.05, 0.1) is 19.8 Å². The lowest BCUT2D eigenvalue weighted by Crippen LogP contribution is -2.55. The van der Waals surface area contributed by atoms with Gasteiger partial charge in [0.15, 0.2) is 5.96 Å². The molecule has 26 heavy (non-hydrogen) atoms. The number of carbonyl (C=O) groups is 1. The van der Waals surface area contributed by atoms with Gasteiger partial charge < -0.3 is 24.8 Å². The Balaban J connectivity index is 0.00000243. The third-order valence-corrected chi connectivity index (χ3v) is 5.27. The van der Waals surface area contributed by atoms with Gasteiger partial charge in [0.1, 0.15) is 0 Å². The van der Waals surface area contributed by atoms with Gasteiger partial charge in [-0.25, -0.2) is 0 Å². The molecule has 3 aliphatic heterocycles. The summed E-state index contributed by atoms with van der Waals surface area (Å²) < 4.78 is 5.31. The molecule has 0 spiro atoms. The molecular weight excluding hydrogens is 447 g/mol. The highest BCUT2D eigenvalue weighted by Gasteiger charge is 2.24. The minimum Gasteiger partial charge on any atom is -0.378 e. The van der Waals surface area contributed by atoms with Crippen molar-refractivity contribution in [2.24, 2.45) is 4.99 Å². The van der Waals surface area contributed by atoms with Crippen LogP contribution in [0.4, 0.5) is 0 Å². The van der Waals surface area contributed by atoms with Gasteiger partial charge >= 0.3 is 0 Å². The van der Waals surface area contributed by atoms with Gasteiger partial charge in [-0.15, -0.1) is 24.0 Å². The number of hydrogen-bond acceptors (Lipinski definition) is 5. The monoisotopic (exact) mass is 480 g/mol. The Bertz CT molecular complexity index is 460. The van der Waals surface area contributed by atoms with Crippen LogP contribution in [0.3, 0.4) is 0 Å². The lowest BCUT2D eigenvalue weighted by molar-refractivity contribution is -0.136. The van der Waals surface area contributed by atoms with Crippen molar-refractivity contribution in [1.82, 2.24) is 24.9 Å². The average molecular weight is 480 g/mol. The van der Waals surface area contributed by atoms with Crippen LogP contribution in [0.2, 0.25) is 0 Å². The van der Waals surface area contributed by atoms with Crippen molar-refractivity contribution >= 4 is 35.8 Å². The van der Waals surface area contributed by atoms with Crippen LogP contribution in [0.15, 0.2) is 4.99 Å². The van der Waals surface area contributed by atoms with E-state index in [9.17, 15) is 4.79 Å². The summed E-state index contributed by atoms with van der Waals surface area (Å²) in [5.41, 5.74) is 0. The number of amides is 1. The molecule has 0 radical (unpaired) electrons. The second kappa shape index (κ2) is 11.3. The Kier molecular flexibility index (Phi) is 9.37. The number of rotatable bonds is 5. The fourth-order valence-corrected chi connectivity index (χ4v) is 3.49. The van der Waals surface area contributed by atoms with Crippen molar-refractivity contribution in [3.63, 3.8) is 0 Å². The van der Waals surface area contributed by atoms with Crippen molar-refractivity contribution in [2.75, 3.05) is 92.3 Å². The minimum atomic E-state index is 0. The van der Waals surface area contributed by atoms with E-state index in [0.717, 1.165) is 58.3 Å². The van der Waals surface area contributed by atoms with E-state index in [-0.39, 0.29) is 29.9 Å². The molecule has 3 saturated heterocycles. The van der Waals surface area contributed by atoms with Gasteiger partial charge in [0, 0.05) is 59.4 Å². The van der Waals surface area contributed by atoms with Crippen LogP contribution < -0.4 is 5.32 Å². The van der Waals surface area contributed by atoms with Gasteiger partial charge in [-0.05, 0) is 19.5 Å². The highest BCUT2D eigenvalue weighted by molar-refractivity contribution is 14.0. The summed E-state index contributed by atoms with van der Waals surface area (Å²) in [7, 11) is 1.85. The molecule has 0 aromatic carbocycles. The predicted octanol–water partition coefficient (Wildman–Crippen LogP) is -0.638. The van der Waals surface area contributed by atoms with Crippen LogP contribution in [-0.2, 0) is 9.53 Å². The zero-order chi connectivity index (χ0) is 17.5. The molecule has 0 aromatic heterocycles. The van der Waals surface area contributed by atoms with Crippen molar-refractivity contribution in [3.8, 4) is 0 Å². The Labute approximate surface area is 173 Å². The van der Waals surface area contributed by atoms with Gasteiger partial charge in [0.25, 0.3) is 0 Å². The molecule has 0 atom stereocenters. The number of likely N-dealkylation sites (tertiary alicyclic amines) is 1.